The highest BCUT2D eigenvalue weighted by Gasteiger charge is 2.71. The minimum absolute atomic E-state index is 0.353. The van der Waals surface area contributed by atoms with E-state index in [4.69, 9.17) is 9.47 Å². The van der Waals surface area contributed by atoms with Gasteiger partial charge in [-0.05, 0) is 13.8 Å². The number of epoxide rings is 1. The summed E-state index contributed by atoms with van der Waals surface area (Å²) in [4.78, 5) is 11.5. The minimum atomic E-state index is -0.884. The molecule has 1 aliphatic rings. The molecular weight excluding hydrogens is 196 g/mol. The van der Waals surface area contributed by atoms with E-state index in [1.54, 1.807) is 17.8 Å². The molecule has 1 saturated heterocycles. The van der Waals surface area contributed by atoms with Crippen LogP contribution >= 0.6 is 0 Å². The van der Waals surface area contributed by atoms with Crippen molar-refractivity contribution in [2.24, 2.45) is 7.05 Å². The van der Waals surface area contributed by atoms with Crippen molar-refractivity contribution >= 4 is 5.97 Å². The normalized spacial score (nSPS) is 33.9. The average Bonchev–Trinajstić information content (AvgIpc) is 2.60. The Morgan fingerprint density at radius 3 is 2.73 bits per heavy atom. The zero-order valence-corrected chi connectivity index (χ0v) is 9.27. The lowest BCUT2D eigenvalue weighted by Gasteiger charge is -2.08. The Morgan fingerprint density at radius 1 is 1.60 bits per heavy atom. The van der Waals surface area contributed by atoms with Gasteiger partial charge in [0, 0.05) is 18.8 Å². The number of ether oxygens (including phenoxy) is 2. The lowest BCUT2D eigenvalue weighted by atomic mass is 9.91. The second-order valence-corrected chi connectivity index (χ2v) is 4.06. The molecule has 2 heterocycles. The van der Waals surface area contributed by atoms with Crippen LogP contribution in [0.15, 0.2) is 12.4 Å². The Balaban J connectivity index is 2.30. The van der Waals surface area contributed by atoms with Gasteiger partial charge in [0.05, 0.1) is 13.3 Å². The first-order chi connectivity index (χ1) is 6.94. The van der Waals surface area contributed by atoms with E-state index >= 15 is 0 Å². The molecule has 0 aliphatic carbocycles. The molecule has 1 aliphatic heterocycles. The van der Waals surface area contributed by atoms with Gasteiger partial charge in [-0.3, -0.25) is 4.68 Å². The van der Waals surface area contributed by atoms with Crippen molar-refractivity contribution in [3.8, 4) is 0 Å². The van der Waals surface area contributed by atoms with Gasteiger partial charge < -0.3 is 9.47 Å². The maximum atomic E-state index is 11.5. The van der Waals surface area contributed by atoms with Crippen LogP contribution in [-0.2, 0) is 26.9 Å². The van der Waals surface area contributed by atoms with Crippen molar-refractivity contribution in [3.63, 3.8) is 0 Å². The lowest BCUT2D eigenvalue weighted by Crippen LogP contribution is -2.29. The summed E-state index contributed by atoms with van der Waals surface area (Å²) >= 11 is 0. The maximum Gasteiger partial charge on any atom is 0.341 e. The van der Waals surface area contributed by atoms with Gasteiger partial charge in [-0.1, -0.05) is 0 Å². The molecule has 1 aromatic rings. The van der Waals surface area contributed by atoms with Gasteiger partial charge in [0.25, 0.3) is 0 Å². The van der Waals surface area contributed by atoms with Gasteiger partial charge in [-0.25, -0.2) is 4.79 Å². The van der Waals surface area contributed by atoms with E-state index in [1.165, 1.54) is 7.11 Å². The van der Waals surface area contributed by atoms with Crippen LogP contribution in [0.3, 0.4) is 0 Å². The molecule has 0 amide bonds. The highest BCUT2D eigenvalue weighted by molar-refractivity contribution is 5.84. The Bertz CT molecular complexity index is 415. The summed E-state index contributed by atoms with van der Waals surface area (Å²) in [5, 5.41) is 4.06. The number of methoxy groups -OCH3 is 1. The van der Waals surface area contributed by atoms with Crippen LogP contribution in [-0.4, -0.2) is 28.5 Å². The van der Waals surface area contributed by atoms with E-state index in [1.807, 2.05) is 20.2 Å². The molecule has 0 spiro atoms. The number of carbonyl (C=O) groups is 1. The first-order valence-corrected chi connectivity index (χ1v) is 4.72. The van der Waals surface area contributed by atoms with Gasteiger partial charge in [-0.15, -0.1) is 0 Å². The molecule has 82 valence electrons. The summed E-state index contributed by atoms with van der Waals surface area (Å²) in [7, 11) is 3.18. The third-order valence-electron chi connectivity index (χ3n) is 3.11. The number of hydrogen-bond acceptors (Lipinski definition) is 4. The van der Waals surface area contributed by atoms with Crippen molar-refractivity contribution in [1.29, 1.82) is 0 Å². The van der Waals surface area contributed by atoms with Gasteiger partial charge in [0.2, 0.25) is 0 Å². The number of aryl methyl sites for hydroxylation is 1. The Morgan fingerprint density at radius 2 is 2.27 bits per heavy atom. The number of rotatable bonds is 2. The van der Waals surface area contributed by atoms with Crippen molar-refractivity contribution < 1.29 is 14.3 Å². The number of esters is 1. The third-order valence-corrected chi connectivity index (χ3v) is 3.11. The maximum absolute atomic E-state index is 11.5. The van der Waals surface area contributed by atoms with Gasteiger partial charge in [0.1, 0.15) is 5.60 Å². The molecule has 2 rings (SSSR count). The van der Waals surface area contributed by atoms with E-state index < -0.39 is 11.2 Å². The number of aromatic nitrogens is 2. The van der Waals surface area contributed by atoms with E-state index in [2.05, 4.69) is 5.10 Å². The molecule has 0 bridgehead atoms. The minimum Gasteiger partial charge on any atom is -0.467 e. The SMILES string of the molecule is COC(=O)C1(C)OC1(C)c1cnn(C)c1. The van der Waals surface area contributed by atoms with Gasteiger partial charge in [0.15, 0.2) is 5.60 Å². The van der Waals surface area contributed by atoms with Gasteiger partial charge in [-0.2, -0.15) is 5.10 Å². The van der Waals surface area contributed by atoms with Crippen LogP contribution in [0.2, 0.25) is 0 Å². The predicted octanol–water partition coefficient (Wildman–Crippen LogP) is 0.597. The van der Waals surface area contributed by atoms with Crippen LogP contribution in [0.5, 0.6) is 0 Å². The molecule has 5 nitrogen and oxygen atoms in total. The molecule has 2 atom stereocenters. The molecule has 1 fully saturated rings. The molecule has 5 heteroatoms. The van der Waals surface area contributed by atoms with Crippen molar-refractivity contribution in [2.45, 2.75) is 25.0 Å². The number of carbonyl (C=O) groups excluding carboxylic acids is 1. The van der Waals surface area contributed by atoms with Gasteiger partial charge >= 0.3 is 5.97 Å². The lowest BCUT2D eigenvalue weighted by molar-refractivity contribution is -0.146. The first kappa shape index (κ1) is 10.2. The highest BCUT2D eigenvalue weighted by atomic mass is 16.7. The van der Waals surface area contributed by atoms with E-state index in [0.717, 1.165) is 5.56 Å². The fraction of sp³-hybridized carbons (Fsp3) is 0.600. The van der Waals surface area contributed by atoms with Crippen molar-refractivity contribution in [3.05, 3.63) is 18.0 Å². The van der Waals surface area contributed by atoms with E-state index in [9.17, 15) is 4.79 Å². The smallest absolute Gasteiger partial charge is 0.341 e. The molecular formula is C10H14N2O3. The second kappa shape index (κ2) is 2.82. The van der Waals surface area contributed by atoms with E-state index in [-0.39, 0.29) is 5.97 Å². The highest BCUT2D eigenvalue weighted by Crippen LogP contribution is 2.55. The Kier molecular flexibility index (Phi) is 1.91. The zero-order chi connectivity index (χ0) is 11.3. The molecule has 0 N–H and O–H groups in total. The summed E-state index contributed by atoms with van der Waals surface area (Å²) in [6.07, 6.45) is 3.54. The molecule has 0 radical (unpaired) electrons. The summed E-state index contributed by atoms with van der Waals surface area (Å²) in [5.41, 5.74) is -0.614. The molecule has 15 heavy (non-hydrogen) atoms. The molecule has 2 unspecified atom stereocenters. The summed E-state index contributed by atoms with van der Waals surface area (Å²) in [6.45, 7) is 3.59. The second-order valence-electron chi connectivity index (χ2n) is 4.06. The van der Waals surface area contributed by atoms with E-state index in [0.29, 0.717) is 0 Å². The summed E-state index contributed by atoms with van der Waals surface area (Å²) < 4.78 is 11.9. The van der Waals surface area contributed by atoms with Crippen molar-refractivity contribution in [1.82, 2.24) is 9.78 Å². The largest absolute Gasteiger partial charge is 0.467 e. The monoisotopic (exact) mass is 210 g/mol. The quantitative estimate of drug-likeness (QED) is 0.529. The summed E-state index contributed by atoms with van der Waals surface area (Å²) in [6, 6.07) is 0. The van der Waals surface area contributed by atoms with Crippen LogP contribution in [0, 0.1) is 0 Å². The van der Waals surface area contributed by atoms with Crippen LogP contribution < -0.4 is 0 Å². The molecule has 0 saturated carbocycles. The van der Waals surface area contributed by atoms with Crippen LogP contribution in [0.1, 0.15) is 19.4 Å². The van der Waals surface area contributed by atoms with Crippen LogP contribution in [0.4, 0.5) is 0 Å². The standard InChI is InChI=1S/C10H14N2O3/c1-9(7-5-11-12(3)6-7)10(2,15-9)8(13)14-4/h5-6H,1-4H3. The average molecular weight is 210 g/mol. The predicted molar refractivity (Wildman–Crippen MR) is 52.1 cm³/mol. The fourth-order valence-electron chi connectivity index (χ4n) is 1.82. The number of nitrogens with zero attached hydrogens (tertiary/aromatic N) is 2. The molecule has 1 aromatic heterocycles. The molecule has 0 aromatic carbocycles. The summed E-state index contributed by atoms with van der Waals surface area (Å²) in [5.74, 6) is -0.353. The fourth-order valence-corrected chi connectivity index (χ4v) is 1.82. The zero-order valence-electron chi connectivity index (χ0n) is 9.27. The number of hydrogen-bond donors (Lipinski definition) is 0. The topological polar surface area (TPSA) is 56.6 Å². The first-order valence-electron chi connectivity index (χ1n) is 4.72. The van der Waals surface area contributed by atoms with Crippen molar-refractivity contribution in [2.75, 3.05) is 7.11 Å². The Labute approximate surface area is 88.0 Å². The van der Waals surface area contributed by atoms with Crippen LogP contribution in [0.25, 0.3) is 0 Å². The Hall–Kier alpha value is -1.36. The third kappa shape index (κ3) is 1.19.